The number of amides is 1. The van der Waals surface area contributed by atoms with Crippen LogP contribution in [0.15, 0.2) is 29.3 Å². The van der Waals surface area contributed by atoms with Crippen molar-refractivity contribution in [2.45, 2.75) is 27.3 Å². The molecule has 122 valence electrons. The molecule has 0 aromatic heterocycles. The number of likely N-dealkylation sites (N-methyl/N-ethyl adjacent to an activating group) is 1. The second-order valence-electron chi connectivity index (χ2n) is 4.54. The van der Waals surface area contributed by atoms with Gasteiger partial charge in [-0.15, -0.1) is 0 Å². The number of hydrogen-bond acceptors (Lipinski definition) is 3. The van der Waals surface area contributed by atoms with Crippen LogP contribution in [0.1, 0.15) is 26.3 Å². The van der Waals surface area contributed by atoms with Crippen LogP contribution in [-0.4, -0.2) is 38.1 Å². The number of guanidine groups is 1. The number of hydrogen-bond donors (Lipinski definition) is 3. The number of ether oxygens (including phenoxy) is 1. The van der Waals surface area contributed by atoms with Crippen LogP contribution < -0.4 is 20.7 Å². The lowest BCUT2D eigenvalue weighted by Gasteiger charge is -2.12. The van der Waals surface area contributed by atoms with Crippen LogP contribution in [0.5, 0.6) is 5.75 Å². The van der Waals surface area contributed by atoms with Crippen LogP contribution in [0.2, 0.25) is 0 Å². The van der Waals surface area contributed by atoms with E-state index >= 15 is 0 Å². The molecule has 0 heterocycles. The third-order valence-corrected chi connectivity index (χ3v) is 2.81. The van der Waals surface area contributed by atoms with E-state index in [1.54, 1.807) is 0 Å². The van der Waals surface area contributed by atoms with E-state index in [2.05, 4.69) is 20.9 Å². The van der Waals surface area contributed by atoms with Crippen molar-refractivity contribution in [3.05, 3.63) is 29.8 Å². The lowest BCUT2D eigenvalue weighted by molar-refractivity contribution is -0.119. The summed E-state index contributed by atoms with van der Waals surface area (Å²) >= 11 is 0. The highest BCUT2D eigenvalue weighted by Gasteiger charge is 2.04. The molecule has 0 unspecified atom stereocenters. The standard InChI is InChI=1S/C16H26N4O2/c1-4-17-15(21)12-20-16(18-5-2)19-11-13-9-7-8-10-14(13)22-6-3/h7-10H,4-6,11-12H2,1-3H3,(H,17,21)(H2,18,19,20). The zero-order valence-corrected chi connectivity index (χ0v) is 13.6. The summed E-state index contributed by atoms with van der Waals surface area (Å²) in [5, 5.41) is 8.87. The molecule has 1 amide bonds. The molecule has 0 radical (unpaired) electrons. The fourth-order valence-corrected chi connectivity index (χ4v) is 1.86. The molecule has 3 N–H and O–H groups in total. The van der Waals surface area contributed by atoms with E-state index in [0.717, 1.165) is 17.9 Å². The summed E-state index contributed by atoms with van der Waals surface area (Å²) in [6.45, 7) is 8.49. The average molecular weight is 306 g/mol. The molecule has 0 spiro atoms. The minimum atomic E-state index is -0.0529. The smallest absolute Gasteiger partial charge is 0.239 e. The van der Waals surface area contributed by atoms with Gasteiger partial charge >= 0.3 is 0 Å². The molecule has 6 heteroatoms. The zero-order chi connectivity index (χ0) is 16.2. The number of carbonyl (C=O) groups is 1. The van der Waals surface area contributed by atoms with E-state index in [1.807, 2.05) is 45.0 Å². The van der Waals surface area contributed by atoms with E-state index < -0.39 is 0 Å². The maximum atomic E-state index is 11.5. The Balaban J connectivity index is 2.67. The SMILES string of the molecule is CCNC(=O)CNC(=NCc1ccccc1OCC)NCC. The molecule has 1 aromatic rings. The summed E-state index contributed by atoms with van der Waals surface area (Å²) in [5.74, 6) is 1.40. The molecule has 0 saturated heterocycles. The number of para-hydroxylation sites is 1. The Bertz CT molecular complexity index is 489. The fourth-order valence-electron chi connectivity index (χ4n) is 1.86. The lowest BCUT2D eigenvalue weighted by atomic mass is 10.2. The first-order valence-electron chi connectivity index (χ1n) is 7.70. The summed E-state index contributed by atoms with van der Waals surface area (Å²) in [4.78, 5) is 16.0. The number of rotatable bonds is 8. The monoisotopic (exact) mass is 306 g/mol. The Morgan fingerprint density at radius 1 is 1.09 bits per heavy atom. The highest BCUT2D eigenvalue weighted by atomic mass is 16.5. The summed E-state index contributed by atoms with van der Waals surface area (Å²) < 4.78 is 5.59. The maximum Gasteiger partial charge on any atom is 0.239 e. The van der Waals surface area contributed by atoms with Crippen molar-refractivity contribution in [1.29, 1.82) is 0 Å². The molecule has 1 rings (SSSR count). The van der Waals surface area contributed by atoms with Gasteiger partial charge in [0.1, 0.15) is 5.75 Å². The molecule has 0 aliphatic carbocycles. The molecule has 0 aliphatic rings. The largest absolute Gasteiger partial charge is 0.494 e. The van der Waals surface area contributed by atoms with Crippen LogP contribution in [0, 0.1) is 0 Å². The first kappa shape index (κ1) is 17.8. The van der Waals surface area contributed by atoms with E-state index in [4.69, 9.17) is 4.74 Å². The Kier molecular flexibility index (Phi) is 8.49. The molecule has 0 aliphatic heterocycles. The first-order valence-corrected chi connectivity index (χ1v) is 7.70. The third kappa shape index (κ3) is 6.47. The number of nitrogens with zero attached hydrogens (tertiary/aromatic N) is 1. The molecule has 0 atom stereocenters. The predicted molar refractivity (Wildman–Crippen MR) is 89.1 cm³/mol. The van der Waals surface area contributed by atoms with Gasteiger partial charge in [-0.3, -0.25) is 4.79 Å². The third-order valence-electron chi connectivity index (χ3n) is 2.81. The summed E-state index contributed by atoms with van der Waals surface area (Å²) in [6.07, 6.45) is 0. The van der Waals surface area contributed by atoms with Crippen molar-refractivity contribution >= 4 is 11.9 Å². The number of nitrogens with one attached hydrogen (secondary N) is 3. The van der Waals surface area contributed by atoms with Gasteiger partial charge in [0, 0.05) is 18.7 Å². The van der Waals surface area contributed by atoms with Gasteiger partial charge in [0.05, 0.1) is 19.7 Å². The van der Waals surface area contributed by atoms with E-state index in [-0.39, 0.29) is 12.5 Å². The molecule has 22 heavy (non-hydrogen) atoms. The fraction of sp³-hybridized carbons (Fsp3) is 0.500. The minimum absolute atomic E-state index is 0.0529. The van der Waals surface area contributed by atoms with Gasteiger partial charge in [-0.05, 0) is 26.8 Å². The van der Waals surface area contributed by atoms with Crippen LogP contribution in [0.25, 0.3) is 0 Å². The van der Waals surface area contributed by atoms with E-state index in [0.29, 0.717) is 25.7 Å². The molecular weight excluding hydrogens is 280 g/mol. The lowest BCUT2D eigenvalue weighted by Crippen LogP contribution is -2.43. The van der Waals surface area contributed by atoms with Gasteiger partial charge in [-0.2, -0.15) is 0 Å². The maximum absolute atomic E-state index is 11.5. The van der Waals surface area contributed by atoms with Crippen LogP contribution in [-0.2, 0) is 11.3 Å². The Morgan fingerprint density at radius 3 is 2.50 bits per heavy atom. The molecule has 6 nitrogen and oxygen atoms in total. The molecule has 0 fully saturated rings. The van der Waals surface area contributed by atoms with Crippen molar-refractivity contribution < 1.29 is 9.53 Å². The minimum Gasteiger partial charge on any atom is -0.494 e. The first-order chi connectivity index (χ1) is 10.7. The van der Waals surface area contributed by atoms with Crippen LogP contribution >= 0.6 is 0 Å². The normalized spacial score (nSPS) is 11.0. The van der Waals surface area contributed by atoms with Gasteiger partial charge in [-0.1, -0.05) is 18.2 Å². The second-order valence-corrected chi connectivity index (χ2v) is 4.54. The highest BCUT2D eigenvalue weighted by molar-refractivity contribution is 5.86. The van der Waals surface area contributed by atoms with Gasteiger partial charge in [-0.25, -0.2) is 4.99 Å². The molecule has 1 aromatic carbocycles. The summed E-state index contributed by atoms with van der Waals surface area (Å²) in [7, 11) is 0. The predicted octanol–water partition coefficient (Wildman–Crippen LogP) is 1.28. The van der Waals surface area contributed by atoms with Gasteiger partial charge in [0.15, 0.2) is 5.96 Å². The number of aliphatic imine (C=N–C) groups is 1. The Morgan fingerprint density at radius 2 is 1.82 bits per heavy atom. The molecule has 0 bridgehead atoms. The van der Waals surface area contributed by atoms with E-state index in [1.165, 1.54) is 0 Å². The topological polar surface area (TPSA) is 74.8 Å². The molecular formula is C16H26N4O2. The second kappa shape index (κ2) is 10.5. The zero-order valence-electron chi connectivity index (χ0n) is 13.6. The van der Waals surface area contributed by atoms with Crippen molar-refractivity contribution in [2.24, 2.45) is 4.99 Å². The summed E-state index contributed by atoms with van der Waals surface area (Å²) in [6, 6.07) is 7.82. The Labute approximate surface area is 132 Å². The average Bonchev–Trinajstić information content (AvgIpc) is 2.52. The van der Waals surface area contributed by atoms with Gasteiger partial charge < -0.3 is 20.7 Å². The van der Waals surface area contributed by atoms with Gasteiger partial charge in [0.2, 0.25) is 5.91 Å². The molecule has 0 saturated carbocycles. The highest BCUT2D eigenvalue weighted by Crippen LogP contribution is 2.18. The Hall–Kier alpha value is -2.24. The number of benzene rings is 1. The van der Waals surface area contributed by atoms with Gasteiger partial charge in [0.25, 0.3) is 0 Å². The number of carbonyl (C=O) groups excluding carboxylic acids is 1. The van der Waals surface area contributed by atoms with Crippen molar-refractivity contribution in [2.75, 3.05) is 26.2 Å². The van der Waals surface area contributed by atoms with Crippen LogP contribution in [0.4, 0.5) is 0 Å². The quantitative estimate of drug-likeness (QED) is 0.499. The van der Waals surface area contributed by atoms with Crippen molar-refractivity contribution in [3.63, 3.8) is 0 Å². The van der Waals surface area contributed by atoms with Crippen molar-refractivity contribution in [1.82, 2.24) is 16.0 Å². The van der Waals surface area contributed by atoms with Crippen LogP contribution in [0.3, 0.4) is 0 Å². The summed E-state index contributed by atoms with van der Waals surface area (Å²) in [5.41, 5.74) is 1.01. The van der Waals surface area contributed by atoms with E-state index in [9.17, 15) is 4.79 Å². The van der Waals surface area contributed by atoms with Crippen molar-refractivity contribution in [3.8, 4) is 5.75 Å².